The van der Waals surface area contributed by atoms with Crippen LogP contribution >= 0.6 is 11.3 Å². The van der Waals surface area contributed by atoms with Gasteiger partial charge in [0.15, 0.2) is 5.60 Å². The average Bonchev–Trinajstić information content (AvgIpc) is 2.50. The maximum atomic E-state index is 10.7. The predicted molar refractivity (Wildman–Crippen MR) is 61.5 cm³/mol. The number of hydrogen-bond donors (Lipinski definition) is 2. The number of aromatic nitrogens is 1. The Morgan fingerprint density at radius 2 is 2.25 bits per heavy atom. The summed E-state index contributed by atoms with van der Waals surface area (Å²) in [5.74, 6) is -1.23. The van der Waals surface area contributed by atoms with Gasteiger partial charge in [-0.1, -0.05) is 0 Å². The summed E-state index contributed by atoms with van der Waals surface area (Å²) in [5.41, 5.74) is -1.74. The number of thiazole rings is 1. The van der Waals surface area contributed by atoms with Gasteiger partial charge in [0.05, 0.1) is 5.01 Å². The molecule has 0 saturated carbocycles. The Bertz CT molecular complexity index is 374. The van der Waals surface area contributed by atoms with Crippen LogP contribution in [-0.2, 0) is 17.8 Å². The Kier molecular flexibility index (Phi) is 4.01. The van der Waals surface area contributed by atoms with E-state index in [9.17, 15) is 9.90 Å². The van der Waals surface area contributed by atoms with E-state index < -0.39 is 11.6 Å². The van der Waals surface area contributed by atoms with Crippen molar-refractivity contribution in [2.45, 2.75) is 25.5 Å². The first kappa shape index (κ1) is 13.1. The lowest BCUT2D eigenvalue weighted by Crippen LogP contribution is -2.37. The summed E-state index contributed by atoms with van der Waals surface area (Å²) in [6.07, 6.45) is 1.76. The van der Waals surface area contributed by atoms with Crippen LogP contribution in [0.1, 0.15) is 16.8 Å². The van der Waals surface area contributed by atoms with Crippen LogP contribution in [0.3, 0.4) is 0 Å². The molecular weight excluding hydrogens is 228 g/mol. The summed E-state index contributed by atoms with van der Waals surface area (Å²) in [6.45, 7) is 2.05. The molecule has 0 saturated heterocycles. The summed E-state index contributed by atoms with van der Waals surface area (Å²) in [4.78, 5) is 17.9. The lowest BCUT2D eigenvalue weighted by atomic mass is 10.0. The summed E-state index contributed by atoms with van der Waals surface area (Å²) < 4.78 is 0. The third kappa shape index (κ3) is 3.55. The highest BCUT2D eigenvalue weighted by Crippen LogP contribution is 2.19. The smallest absolute Gasteiger partial charge is 0.335 e. The zero-order chi connectivity index (χ0) is 12.3. The standard InChI is InChI=1S/C10H16N2O3S/c1-10(15,9(13)14)4-8-11-5-7(16-8)6-12(2)3/h5,15H,4,6H2,1-3H3,(H,13,14). The van der Waals surface area contributed by atoms with E-state index in [0.717, 1.165) is 11.4 Å². The lowest BCUT2D eigenvalue weighted by molar-refractivity contribution is -0.156. The number of rotatable bonds is 5. The van der Waals surface area contributed by atoms with Gasteiger partial charge in [-0.25, -0.2) is 9.78 Å². The third-order valence-corrected chi connectivity index (χ3v) is 3.01. The molecule has 1 heterocycles. The summed E-state index contributed by atoms with van der Waals surface area (Å²) in [6, 6.07) is 0. The van der Waals surface area contributed by atoms with Crippen molar-refractivity contribution in [3.63, 3.8) is 0 Å². The van der Waals surface area contributed by atoms with Gasteiger partial charge in [-0.3, -0.25) is 0 Å². The SMILES string of the molecule is CN(C)Cc1cnc(CC(C)(O)C(=O)O)s1. The van der Waals surface area contributed by atoms with E-state index in [1.165, 1.54) is 18.3 Å². The highest BCUT2D eigenvalue weighted by Gasteiger charge is 2.31. The minimum absolute atomic E-state index is 0.0421. The molecule has 0 aliphatic carbocycles. The molecule has 1 unspecified atom stereocenters. The molecule has 90 valence electrons. The van der Waals surface area contributed by atoms with Crippen LogP contribution in [0.15, 0.2) is 6.20 Å². The van der Waals surface area contributed by atoms with Crippen molar-refractivity contribution in [2.75, 3.05) is 14.1 Å². The fourth-order valence-electron chi connectivity index (χ4n) is 1.18. The number of nitrogens with zero attached hydrogens (tertiary/aromatic N) is 2. The van der Waals surface area contributed by atoms with Gasteiger partial charge in [0, 0.05) is 24.0 Å². The van der Waals surface area contributed by atoms with E-state index in [1.54, 1.807) is 6.20 Å². The molecular formula is C10H16N2O3S. The molecule has 5 nitrogen and oxygen atoms in total. The first-order valence-electron chi connectivity index (χ1n) is 4.85. The van der Waals surface area contributed by atoms with Crippen LogP contribution in [0.5, 0.6) is 0 Å². The quantitative estimate of drug-likeness (QED) is 0.792. The van der Waals surface area contributed by atoms with Crippen molar-refractivity contribution in [1.29, 1.82) is 0 Å². The average molecular weight is 244 g/mol. The molecule has 1 aromatic heterocycles. The Hall–Kier alpha value is -0.980. The number of carbonyl (C=O) groups is 1. The second-order valence-electron chi connectivity index (χ2n) is 4.21. The van der Waals surface area contributed by atoms with E-state index >= 15 is 0 Å². The first-order chi connectivity index (χ1) is 7.31. The number of aliphatic hydroxyl groups is 1. The van der Waals surface area contributed by atoms with E-state index in [-0.39, 0.29) is 6.42 Å². The van der Waals surface area contributed by atoms with Crippen LogP contribution in [0.4, 0.5) is 0 Å². The van der Waals surface area contributed by atoms with Gasteiger partial charge in [0.25, 0.3) is 0 Å². The fraction of sp³-hybridized carbons (Fsp3) is 0.600. The molecule has 2 N–H and O–H groups in total. The fourth-order valence-corrected chi connectivity index (χ4v) is 2.37. The second-order valence-corrected chi connectivity index (χ2v) is 5.41. The lowest BCUT2D eigenvalue weighted by Gasteiger charge is -2.15. The van der Waals surface area contributed by atoms with Gasteiger partial charge in [-0.2, -0.15) is 0 Å². The number of carboxylic acids is 1. The molecule has 0 spiro atoms. The molecule has 1 aromatic rings. The summed E-state index contributed by atoms with van der Waals surface area (Å²) in [5, 5.41) is 19.0. The molecule has 0 aliphatic rings. The first-order valence-corrected chi connectivity index (χ1v) is 5.67. The van der Waals surface area contributed by atoms with Gasteiger partial charge < -0.3 is 15.1 Å². The maximum absolute atomic E-state index is 10.7. The minimum Gasteiger partial charge on any atom is -0.479 e. The Morgan fingerprint density at radius 3 is 2.75 bits per heavy atom. The van der Waals surface area contributed by atoms with Crippen LogP contribution in [-0.4, -0.2) is 45.8 Å². The molecule has 1 atom stereocenters. The zero-order valence-corrected chi connectivity index (χ0v) is 10.4. The molecule has 0 aromatic carbocycles. The molecule has 6 heteroatoms. The van der Waals surface area contributed by atoms with E-state index in [2.05, 4.69) is 4.98 Å². The maximum Gasteiger partial charge on any atom is 0.335 e. The van der Waals surface area contributed by atoms with Gasteiger partial charge in [-0.05, 0) is 21.0 Å². The molecule has 0 fully saturated rings. The number of carboxylic acid groups (broad SMARTS) is 1. The molecule has 0 aliphatic heterocycles. The molecule has 0 radical (unpaired) electrons. The number of aliphatic carboxylic acids is 1. The van der Waals surface area contributed by atoms with Gasteiger partial charge in [-0.15, -0.1) is 11.3 Å². The summed E-state index contributed by atoms with van der Waals surface area (Å²) >= 11 is 1.43. The molecule has 16 heavy (non-hydrogen) atoms. The largest absolute Gasteiger partial charge is 0.479 e. The van der Waals surface area contributed by atoms with Crippen molar-refractivity contribution in [3.8, 4) is 0 Å². The molecule has 0 amide bonds. The van der Waals surface area contributed by atoms with Crippen molar-refractivity contribution < 1.29 is 15.0 Å². The predicted octanol–water partition coefficient (Wildman–Crippen LogP) is 0.583. The van der Waals surface area contributed by atoms with Crippen LogP contribution in [0.25, 0.3) is 0 Å². The van der Waals surface area contributed by atoms with E-state index in [4.69, 9.17) is 5.11 Å². The second kappa shape index (κ2) is 4.90. The number of hydrogen-bond acceptors (Lipinski definition) is 5. The molecule has 0 bridgehead atoms. The molecule has 1 rings (SSSR count). The Balaban J connectivity index is 2.69. The van der Waals surface area contributed by atoms with E-state index in [0.29, 0.717) is 5.01 Å². The van der Waals surface area contributed by atoms with Gasteiger partial charge >= 0.3 is 5.97 Å². The minimum atomic E-state index is -1.74. The van der Waals surface area contributed by atoms with Gasteiger partial charge in [0.2, 0.25) is 0 Å². The van der Waals surface area contributed by atoms with Crippen molar-refractivity contribution in [2.24, 2.45) is 0 Å². The van der Waals surface area contributed by atoms with Crippen molar-refractivity contribution >= 4 is 17.3 Å². The summed E-state index contributed by atoms with van der Waals surface area (Å²) in [7, 11) is 3.90. The normalized spacial score (nSPS) is 15.1. The van der Waals surface area contributed by atoms with Crippen LogP contribution in [0, 0.1) is 0 Å². The van der Waals surface area contributed by atoms with Crippen LogP contribution in [0.2, 0.25) is 0 Å². The van der Waals surface area contributed by atoms with Crippen molar-refractivity contribution in [3.05, 3.63) is 16.1 Å². The highest BCUT2D eigenvalue weighted by molar-refractivity contribution is 7.11. The van der Waals surface area contributed by atoms with E-state index in [1.807, 2.05) is 19.0 Å². The Labute approximate surface area is 98.4 Å². The topological polar surface area (TPSA) is 73.7 Å². The highest BCUT2D eigenvalue weighted by atomic mass is 32.1. The third-order valence-electron chi connectivity index (χ3n) is 2.03. The monoisotopic (exact) mass is 244 g/mol. The van der Waals surface area contributed by atoms with Crippen LogP contribution < -0.4 is 0 Å². The zero-order valence-electron chi connectivity index (χ0n) is 9.60. The van der Waals surface area contributed by atoms with Gasteiger partial charge in [0.1, 0.15) is 0 Å². The Morgan fingerprint density at radius 1 is 1.62 bits per heavy atom. The van der Waals surface area contributed by atoms with Crippen molar-refractivity contribution in [1.82, 2.24) is 9.88 Å².